The monoisotopic (exact) mass is 793 g/mol. The number of allylic oxidation sites excluding steroid dienone is 4. The lowest BCUT2D eigenvalue weighted by Gasteiger charge is -2.18. The number of aromatic nitrogens is 5. The van der Waals surface area contributed by atoms with Crippen LogP contribution in [-0.4, -0.2) is 24.9 Å². The molecule has 0 fully saturated rings. The summed E-state index contributed by atoms with van der Waals surface area (Å²) in [5.41, 5.74) is 11.6. The Labute approximate surface area is 360 Å². The summed E-state index contributed by atoms with van der Waals surface area (Å²) in [7, 11) is 0. The van der Waals surface area contributed by atoms with Crippen LogP contribution >= 0.6 is 0 Å². The van der Waals surface area contributed by atoms with E-state index >= 15 is 0 Å². The molecule has 0 spiro atoms. The summed E-state index contributed by atoms with van der Waals surface area (Å²) >= 11 is 0. The summed E-state index contributed by atoms with van der Waals surface area (Å²) in [4.78, 5) is 25.7. The molecule has 0 atom stereocenters. The van der Waals surface area contributed by atoms with Gasteiger partial charge in [-0.25, -0.2) is 24.9 Å². The molecule has 0 aliphatic heterocycles. The number of rotatable bonds is 10. The predicted molar refractivity (Wildman–Crippen MR) is 257 cm³/mol. The third-order valence-corrected chi connectivity index (χ3v) is 11.1. The van der Waals surface area contributed by atoms with Crippen LogP contribution in [-0.2, 0) is 0 Å². The van der Waals surface area contributed by atoms with E-state index in [4.69, 9.17) is 24.9 Å². The lowest BCUT2D eigenvalue weighted by molar-refractivity contribution is 1.04. The van der Waals surface area contributed by atoms with Gasteiger partial charge in [0, 0.05) is 39.0 Å². The summed E-state index contributed by atoms with van der Waals surface area (Å²) in [6.07, 6.45) is 5.36. The topological polar surface area (TPSA) is 64.5 Å². The minimum atomic E-state index is 0.519. The van der Waals surface area contributed by atoms with E-state index in [1.54, 1.807) is 12.2 Å². The molecule has 62 heavy (non-hydrogen) atoms. The highest BCUT2D eigenvalue weighted by atomic mass is 15.0. The SMILES string of the molecule is C=C/C=C(\C=C)c1nc(-c2ccccc2)nc(-c2c(-c3ccc(-c4cc(-c5ccccc5)nc(-c5ccc(-c6ccccc6)cc5)n4)cc3)c3ccccc3c3ccccc23)n1. The van der Waals surface area contributed by atoms with Crippen molar-refractivity contribution in [1.29, 1.82) is 0 Å². The van der Waals surface area contributed by atoms with Crippen LogP contribution in [0.1, 0.15) is 5.82 Å². The van der Waals surface area contributed by atoms with Crippen molar-refractivity contribution in [1.82, 2.24) is 24.9 Å². The Morgan fingerprint density at radius 2 is 0.742 bits per heavy atom. The van der Waals surface area contributed by atoms with Crippen LogP contribution in [0.3, 0.4) is 0 Å². The van der Waals surface area contributed by atoms with Crippen molar-refractivity contribution in [3.63, 3.8) is 0 Å². The molecule has 5 heteroatoms. The second-order valence-corrected chi connectivity index (χ2v) is 14.9. The largest absolute Gasteiger partial charge is 0.228 e. The van der Waals surface area contributed by atoms with Crippen molar-refractivity contribution in [2.75, 3.05) is 0 Å². The van der Waals surface area contributed by atoms with Gasteiger partial charge in [0.1, 0.15) is 0 Å². The van der Waals surface area contributed by atoms with Gasteiger partial charge in [-0.1, -0.05) is 219 Å². The van der Waals surface area contributed by atoms with E-state index in [0.717, 1.165) is 83.0 Å². The zero-order valence-electron chi connectivity index (χ0n) is 33.9. The minimum absolute atomic E-state index is 0.519. The molecule has 2 aromatic heterocycles. The van der Waals surface area contributed by atoms with Gasteiger partial charge in [-0.3, -0.25) is 0 Å². The van der Waals surface area contributed by atoms with E-state index in [2.05, 4.69) is 153 Å². The second-order valence-electron chi connectivity index (χ2n) is 14.9. The fourth-order valence-corrected chi connectivity index (χ4v) is 8.10. The van der Waals surface area contributed by atoms with E-state index in [1.807, 2.05) is 60.7 Å². The van der Waals surface area contributed by atoms with E-state index < -0.39 is 0 Å². The standard InChI is InChI=1S/C57H39N5/c1-3-18-38(4-2)54-60-56(44-23-12-7-13-24-44)62-57(61-54)53-49-28-17-15-26-47(49)46-25-14-16-27-48(46)52(53)43-33-31-42(32-34-43)51-37-50(41-21-10-6-11-22-41)58-55(59-51)45-35-29-40(30-36-45)39-19-8-5-9-20-39/h3-37H,1-2H2/b38-18+. The molecule has 292 valence electrons. The molecule has 0 N–H and O–H groups in total. The van der Waals surface area contributed by atoms with E-state index in [0.29, 0.717) is 23.3 Å². The van der Waals surface area contributed by atoms with Crippen LogP contribution in [0.15, 0.2) is 226 Å². The van der Waals surface area contributed by atoms with Crippen molar-refractivity contribution in [3.05, 3.63) is 231 Å². The van der Waals surface area contributed by atoms with Crippen molar-refractivity contribution in [2.45, 2.75) is 0 Å². The van der Waals surface area contributed by atoms with Crippen LogP contribution in [0.25, 0.3) is 106 Å². The van der Waals surface area contributed by atoms with Gasteiger partial charge in [-0.15, -0.1) is 0 Å². The highest BCUT2D eigenvalue weighted by Gasteiger charge is 2.22. The van der Waals surface area contributed by atoms with Crippen LogP contribution in [0.4, 0.5) is 0 Å². The van der Waals surface area contributed by atoms with Gasteiger partial charge in [-0.05, 0) is 44.3 Å². The van der Waals surface area contributed by atoms with Gasteiger partial charge in [0.25, 0.3) is 0 Å². The Morgan fingerprint density at radius 3 is 1.32 bits per heavy atom. The molecule has 0 amide bonds. The molecular weight excluding hydrogens is 755 g/mol. The van der Waals surface area contributed by atoms with E-state index in [-0.39, 0.29) is 0 Å². The maximum Gasteiger partial charge on any atom is 0.165 e. The first-order valence-corrected chi connectivity index (χ1v) is 20.6. The molecule has 10 aromatic rings. The normalized spacial score (nSPS) is 11.5. The fraction of sp³-hybridized carbons (Fsp3) is 0. The van der Waals surface area contributed by atoms with Crippen molar-refractivity contribution < 1.29 is 0 Å². The lowest BCUT2D eigenvalue weighted by atomic mass is 9.87. The van der Waals surface area contributed by atoms with Crippen LogP contribution in [0.2, 0.25) is 0 Å². The molecule has 8 aromatic carbocycles. The molecule has 0 radical (unpaired) electrons. The Bertz CT molecular complexity index is 3290. The first-order chi connectivity index (χ1) is 30.6. The zero-order chi connectivity index (χ0) is 41.8. The molecule has 2 heterocycles. The highest BCUT2D eigenvalue weighted by molar-refractivity contribution is 6.21. The smallest absolute Gasteiger partial charge is 0.165 e. The Balaban J connectivity index is 1.15. The minimum Gasteiger partial charge on any atom is -0.228 e. The lowest BCUT2D eigenvalue weighted by Crippen LogP contribution is -2.04. The molecular formula is C57H39N5. The molecule has 0 saturated carbocycles. The summed E-state index contributed by atoms with van der Waals surface area (Å²) < 4.78 is 0. The third-order valence-electron chi connectivity index (χ3n) is 11.1. The van der Waals surface area contributed by atoms with Gasteiger partial charge in [0.2, 0.25) is 0 Å². The third kappa shape index (κ3) is 7.29. The number of hydrogen-bond acceptors (Lipinski definition) is 5. The first kappa shape index (κ1) is 37.8. The molecule has 0 bridgehead atoms. The average molecular weight is 794 g/mol. The quantitative estimate of drug-likeness (QED) is 0.102. The second kappa shape index (κ2) is 16.7. The molecule has 5 nitrogen and oxygen atoms in total. The van der Waals surface area contributed by atoms with Gasteiger partial charge in [0.05, 0.1) is 11.4 Å². The maximum atomic E-state index is 5.23. The molecule has 0 unspecified atom stereocenters. The molecule has 0 aliphatic carbocycles. The van der Waals surface area contributed by atoms with Crippen LogP contribution in [0, 0.1) is 0 Å². The van der Waals surface area contributed by atoms with E-state index in [1.165, 1.54) is 5.56 Å². The average Bonchev–Trinajstić information content (AvgIpc) is 3.36. The van der Waals surface area contributed by atoms with Crippen molar-refractivity contribution >= 4 is 27.1 Å². The summed E-state index contributed by atoms with van der Waals surface area (Å²) in [5, 5.41) is 4.40. The van der Waals surface area contributed by atoms with Crippen LogP contribution < -0.4 is 0 Å². The molecule has 0 saturated heterocycles. The van der Waals surface area contributed by atoms with Crippen molar-refractivity contribution in [2.24, 2.45) is 0 Å². The molecule has 10 rings (SSSR count). The highest BCUT2D eigenvalue weighted by Crippen LogP contribution is 2.44. The number of benzene rings is 8. The Morgan fingerprint density at radius 1 is 0.339 bits per heavy atom. The van der Waals surface area contributed by atoms with E-state index in [9.17, 15) is 0 Å². The van der Waals surface area contributed by atoms with Gasteiger partial charge in [0.15, 0.2) is 23.3 Å². The number of hydrogen-bond donors (Lipinski definition) is 0. The van der Waals surface area contributed by atoms with Crippen molar-refractivity contribution in [3.8, 4) is 78.9 Å². The number of nitrogens with zero attached hydrogens (tertiary/aromatic N) is 5. The summed E-state index contributed by atoms with van der Waals surface area (Å²) in [6.45, 7) is 8.03. The number of fused-ring (bicyclic) bond motifs is 3. The maximum absolute atomic E-state index is 5.23. The van der Waals surface area contributed by atoms with Gasteiger partial charge >= 0.3 is 0 Å². The summed E-state index contributed by atoms with van der Waals surface area (Å²) in [6, 6.07) is 67.0. The summed E-state index contributed by atoms with van der Waals surface area (Å²) in [5.74, 6) is 2.32. The Kier molecular flexibility index (Phi) is 10.2. The fourth-order valence-electron chi connectivity index (χ4n) is 8.10. The predicted octanol–water partition coefficient (Wildman–Crippen LogP) is 14.4. The van der Waals surface area contributed by atoms with Gasteiger partial charge in [-0.2, -0.15) is 0 Å². The van der Waals surface area contributed by atoms with Gasteiger partial charge < -0.3 is 0 Å². The molecule has 0 aliphatic rings. The van der Waals surface area contributed by atoms with Crippen LogP contribution in [0.5, 0.6) is 0 Å². The Hall–Kier alpha value is -8.41. The zero-order valence-corrected chi connectivity index (χ0v) is 33.9. The first-order valence-electron chi connectivity index (χ1n) is 20.6.